The first-order valence-electron chi connectivity index (χ1n) is 8.32. The molecule has 0 radical (unpaired) electrons. The number of carbonyl (C=O) groups is 4. The lowest BCUT2D eigenvalue weighted by atomic mass is 9.86. The highest BCUT2D eigenvalue weighted by Gasteiger charge is 2.42. The first-order chi connectivity index (χ1) is 11.8. The second-order valence-electron chi connectivity index (χ2n) is 6.65. The Kier molecular flexibility index (Phi) is 4.32. The van der Waals surface area contributed by atoms with E-state index >= 15 is 0 Å². The largest absolute Gasteiger partial charge is 0.481 e. The summed E-state index contributed by atoms with van der Waals surface area (Å²) in [5.41, 5.74) is 0.590. The minimum atomic E-state index is -0.932. The van der Waals surface area contributed by atoms with E-state index in [0.717, 1.165) is 4.90 Å². The Bertz CT molecular complexity index is 725. The number of aliphatic carboxylic acids is 1. The zero-order valence-corrected chi connectivity index (χ0v) is 14.1. The molecule has 132 valence electrons. The van der Waals surface area contributed by atoms with Crippen LogP contribution in [0, 0.1) is 5.92 Å². The molecule has 3 amide bonds. The number of imide groups is 1. The predicted molar refractivity (Wildman–Crippen MR) is 87.9 cm³/mol. The maximum Gasteiger partial charge on any atom is 0.308 e. The number of likely N-dealkylation sites (tertiary alicyclic amines) is 1. The average molecular weight is 344 g/mol. The van der Waals surface area contributed by atoms with E-state index < -0.39 is 35.7 Å². The van der Waals surface area contributed by atoms with E-state index in [1.807, 2.05) is 6.92 Å². The number of carboxylic acids is 1. The highest BCUT2D eigenvalue weighted by atomic mass is 16.4. The molecule has 2 heterocycles. The molecule has 1 aromatic rings. The number of piperidine rings is 1. The molecule has 0 aliphatic carbocycles. The highest BCUT2D eigenvalue weighted by Crippen LogP contribution is 2.29. The molecule has 0 saturated carbocycles. The van der Waals surface area contributed by atoms with Gasteiger partial charge in [-0.1, -0.05) is 12.1 Å². The maximum atomic E-state index is 12.8. The summed E-state index contributed by atoms with van der Waals surface area (Å²) in [4.78, 5) is 51.4. The summed E-state index contributed by atoms with van der Waals surface area (Å²) in [5.74, 6) is -2.94. The standard InChI is InChI=1S/C18H20N2O5/c1-10-7-8-12(18(24)25)11(2)20(10)15(21)9-19-16(22)13-5-3-4-6-14(13)17(19)23/h3-6,10-12H,7-9H2,1-2H3,(H,24,25). The van der Waals surface area contributed by atoms with E-state index in [4.69, 9.17) is 0 Å². The number of fused-ring (bicyclic) bond motifs is 1. The normalized spacial score (nSPS) is 25.9. The van der Waals surface area contributed by atoms with Crippen molar-refractivity contribution in [3.63, 3.8) is 0 Å². The highest BCUT2D eigenvalue weighted by molar-refractivity contribution is 6.22. The van der Waals surface area contributed by atoms with Crippen molar-refractivity contribution >= 4 is 23.7 Å². The van der Waals surface area contributed by atoms with Gasteiger partial charge in [0.1, 0.15) is 6.54 Å². The summed E-state index contributed by atoms with van der Waals surface area (Å²) in [7, 11) is 0. The fourth-order valence-corrected chi connectivity index (χ4v) is 3.80. The lowest BCUT2D eigenvalue weighted by Gasteiger charge is -2.42. The fourth-order valence-electron chi connectivity index (χ4n) is 3.80. The Morgan fingerprint density at radius 1 is 1.08 bits per heavy atom. The smallest absolute Gasteiger partial charge is 0.308 e. The molecular weight excluding hydrogens is 324 g/mol. The number of benzene rings is 1. The second kappa shape index (κ2) is 6.31. The van der Waals surface area contributed by atoms with Crippen LogP contribution in [0.5, 0.6) is 0 Å². The van der Waals surface area contributed by atoms with Gasteiger partial charge in [-0.2, -0.15) is 0 Å². The van der Waals surface area contributed by atoms with E-state index in [2.05, 4.69) is 0 Å². The zero-order valence-electron chi connectivity index (χ0n) is 14.1. The quantitative estimate of drug-likeness (QED) is 0.836. The minimum Gasteiger partial charge on any atom is -0.481 e. The number of carbonyl (C=O) groups excluding carboxylic acids is 3. The predicted octanol–water partition coefficient (Wildman–Crippen LogP) is 1.38. The molecule has 1 aromatic carbocycles. The van der Waals surface area contributed by atoms with Gasteiger partial charge < -0.3 is 10.0 Å². The van der Waals surface area contributed by atoms with Crippen molar-refractivity contribution in [1.29, 1.82) is 0 Å². The van der Waals surface area contributed by atoms with Crippen LogP contribution in [-0.2, 0) is 9.59 Å². The van der Waals surface area contributed by atoms with Gasteiger partial charge in [-0.25, -0.2) is 0 Å². The molecule has 0 bridgehead atoms. The third-order valence-electron chi connectivity index (χ3n) is 5.17. The van der Waals surface area contributed by atoms with E-state index in [0.29, 0.717) is 24.0 Å². The number of carboxylic acid groups (broad SMARTS) is 1. The molecule has 3 rings (SSSR count). The first kappa shape index (κ1) is 17.1. The van der Waals surface area contributed by atoms with Gasteiger partial charge >= 0.3 is 5.97 Å². The fraction of sp³-hybridized carbons (Fsp3) is 0.444. The first-order valence-corrected chi connectivity index (χ1v) is 8.32. The average Bonchev–Trinajstić information content (AvgIpc) is 2.80. The van der Waals surface area contributed by atoms with Crippen molar-refractivity contribution in [3.05, 3.63) is 35.4 Å². The number of amides is 3. The van der Waals surface area contributed by atoms with Gasteiger partial charge in [0.05, 0.1) is 17.0 Å². The Balaban J connectivity index is 1.79. The molecule has 1 fully saturated rings. The van der Waals surface area contributed by atoms with Crippen LogP contribution in [0.15, 0.2) is 24.3 Å². The van der Waals surface area contributed by atoms with Crippen molar-refractivity contribution in [3.8, 4) is 0 Å². The summed E-state index contributed by atoms with van der Waals surface area (Å²) >= 11 is 0. The van der Waals surface area contributed by atoms with Crippen LogP contribution in [0.2, 0.25) is 0 Å². The Morgan fingerprint density at radius 3 is 2.16 bits per heavy atom. The van der Waals surface area contributed by atoms with E-state index in [-0.39, 0.29) is 12.6 Å². The van der Waals surface area contributed by atoms with Gasteiger partial charge in [-0.15, -0.1) is 0 Å². The van der Waals surface area contributed by atoms with Gasteiger partial charge in [-0.3, -0.25) is 24.1 Å². The Labute approximate surface area is 145 Å². The van der Waals surface area contributed by atoms with Crippen LogP contribution in [0.3, 0.4) is 0 Å². The second-order valence-corrected chi connectivity index (χ2v) is 6.65. The van der Waals surface area contributed by atoms with Crippen LogP contribution in [0.1, 0.15) is 47.4 Å². The minimum absolute atomic E-state index is 0.131. The molecular formula is C18H20N2O5. The van der Waals surface area contributed by atoms with Crippen LogP contribution >= 0.6 is 0 Å². The third kappa shape index (κ3) is 2.79. The van der Waals surface area contributed by atoms with E-state index in [9.17, 15) is 24.3 Å². The SMILES string of the molecule is CC1CCC(C(=O)O)C(C)N1C(=O)CN1C(=O)c2ccccc2C1=O. The van der Waals surface area contributed by atoms with Gasteiger partial charge in [0.15, 0.2) is 0 Å². The number of rotatable bonds is 3. The summed E-state index contributed by atoms with van der Waals surface area (Å²) in [6.45, 7) is 3.19. The molecule has 25 heavy (non-hydrogen) atoms. The van der Waals surface area contributed by atoms with Crippen molar-refractivity contribution in [2.24, 2.45) is 5.92 Å². The van der Waals surface area contributed by atoms with Crippen LogP contribution in [-0.4, -0.2) is 57.2 Å². The van der Waals surface area contributed by atoms with Crippen molar-refractivity contribution < 1.29 is 24.3 Å². The zero-order chi connectivity index (χ0) is 18.3. The van der Waals surface area contributed by atoms with Crippen molar-refractivity contribution in [2.75, 3.05) is 6.54 Å². The number of hydrogen-bond acceptors (Lipinski definition) is 4. The molecule has 3 atom stereocenters. The molecule has 7 heteroatoms. The molecule has 3 unspecified atom stereocenters. The van der Waals surface area contributed by atoms with Gasteiger partial charge in [-0.05, 0) is 38.8 Å². The molecule has 0 spiro atoms. The number of hydrogen-bond donors (Lipinski definition) is 1. The van der Waals surface area contributed by atoms with Crippen molar-refractivity contribution in [2.45, 2.75) is 38.8 Å². The monoisotopic (exact) mass is 344 g/mol. The summed E-state index contributed by atoms with van der Waals surface area (Å²) in [6.07, 6.45) is 1.09. The Hall–Kier alpha value is -2.70. The molecule has 1 saturated heterocycles. The van der Waals surface area contributed by atoms with Crippen LogP contribution in [0.25, 0.3) is 0 Å². The van der Waals surface area contributed by atoms with Gasteiger partial charge in [0.25, 0.3) is 11.8 Å². The summed E-state index contributed by atoms with van der Waals surface area (Å²) < 4.78 is 0. The lowest BCUT2D eigenvalue weighted by Crippen LogP contribution is -2.56. The molecule has 7 nitrogen and oxygen atoms in total. The number of nitrogens with zero attached hydrogens (tertiary/aromatic N) is 2. The van der Waals surface area contributed by atoms with Gasteiger partial charge in [0.2, 0.25) is 5.91 Å². The molecule has 2 aliphatic rings. The van der Waals surface area contributed by atoms with Crippen LogP contribution < -0.4 is 0 Å². The molecule has 1 N–H and O–H groups in total. The van der Waals surface area contributed by atoms with Gasteiger partial charge in [0, 0.05) is 12.1 Å². The van der Waals surface area contributed by atoms with Crippen molar-refractivity contribution in [1.82, 2.24) is 9.80 Å². The van der Waals surface area contributed by atoms with E-state index in [1.165, 1.54) is 4.90 Å². The maximum absolute atomic E-state index is 12.8. The molecule has 0 aromatic heterocycles. The van der Waals surface area contributed by atoms with Crippen LogP contribution in [0.4, 0.5) is 0 Å². The summed E-state index contributed by atoms with van der Waals surface area (Å²) in [5, 5.41) is 9.32. The van der Waals surface area contributed by atoms with E-state index in [1.54, 1.807) is 31.2 Å². The third-order valence-corrected chi connectivity index (χ3v) is 5.17. The topological polar surface area (TPSA) is 95.0 Å². The lowest BCUT2D eigenvalue weighted by molar-refractivity contribution is -0.151. The Morgan fingerprint density at radius 2 is 1.64 bits per heavy atom. The molecule has 2 aliphatic heterocycles. The summed E-state index contributed by atoms with van der Waals surface area (Å²) in [6, 6.07) is 5.85.